The highest BCUT2D eigenvalue weighted by Gasteiger charge is 2.08. The van der Waals surface area contributed by atoms with Gasteiger partial charge in [0.25, 0.3) is 0 Å². The molecule has 1 aromatic carbocycles. The maximum absolute atomic E-state index is 7.45. The van der Waals surface area contributed by atoms with Crippen LogP contribution in [0.2, 0.25) is 0 Å². The van der Waals surface area contributed by atoms with Gasteiger partial charge < -0.3 is 5.73 Å². The average Bonchev–Trinajstić information content (AvgIpc) is 2.57. The van der Waals surface area contributed by atoms with Crippen LogP contribution in [-0.2, 0) is 6.54 Å². The molecule has 0 radical (unpaired) electrons. The van der Waals surface area contributed by atoms with E-state index >= 15 is 0 Å². The number of hydrogen-bond acceptors (Lipinski definition) is 2. The van der Waals surface area contributed by atoms with E-state index in [4.69, 9.17) is 11.1 Å². The van der Waals surface area contributed by atoms with E-state index in [2.05, 4.69) is 18.9 Å². The molecule has 94 valence electrons. The minimum Gasteiger partial charge on any atom is -0.384 e. The second kappa shape index (κ2) is 4.64. The lowest BCUT2D eigenvalue weighted by atomic mass is 10.1. The Morgan fingerprint density at radius 2 is 2.06 bits per heavy atom. The smallest absolute Gasteiger partial charge is 0.122 e. The monoisotopic (exact) mass is 242 g/mol. The normalized spacial score (nSPS) is 10.6. The third kappa shape index (κ3) is 2.27. The van der Waals surface area contributed by atoms with Crippen LogP contribution in [0.5, 0.6) is 0 Å². The highest BCUT2D eigenvalue weighted by Crippen LogP contribution is 2.13. The molecule has 4 heteroatoms. The van der Waals surface area contributed by atoms with Crippen LogP contribution in [0.4, 0.5) is 0 Å². The van der Waals surface area contributed by atoms with E-state index in [9.17, 15) is 0 Å². The standard InChI is InChI=1S/C14H18N4/c1-9-10(2)17-18(11(9)3)8-12-5-4-6-13(7-12)14(15)16/h4-7H,8H2,1-3H3,(H3,15,16). The third-order valence-electron chi connectivity index (χ3n) is 3.31. The van der Waals surface area contributed by atoms with Gasteiger partial charge in [0.15, 0.2) is 0 Å². The minimum atomic E-state index is 0.0985. The number of benzene rings is 1. The van der Waals surface area contributed by atoms with Gasteiger partial charge in [0, 0.05) is 11.3 Å². The van der Waals surface area contributed by atoms with Crippen LogP contribution in [0.3, 0.4) is 0 Å². The van der Waals surface area contributed by atoms with Crippen LogP contribution >= 0.6 is 0 Å². The summed E-state index contributed by atoms with van der Waals surface area (Å²) in [5, 5.41) is 12.0. The van der Waals surface area contributed by atoms with E-state index in [1.54, 1.807) is 0 Å². The fraction of sp³-hybridized carbons (Fsp3) is 0.286. The molecule has 18 heavy (non-hydrogen) atoms. The largest absolute Gasteiger partial charge is 0.384 e. The summed E-state index contributed by atoms with van der Waals surface area (Å²) in [6, 6.07) is 7.73. The molecule has 0 amide bonds. The first kappa shape index (κ1) is 12.4. The molecule has 0 unspecified atom stereocenters. The van der Waals surface area contributed by atoms with Crippen LogP contribution in [0.15, 0.2) is 24.3 Å². The number of aromatic nitrogens is 2. The van der Waals surface area contributed by atoms with Crippen LogP contribution in [0.25, 0.3) is 0 Å². The summed E-state index contributed by atoms with van der Waals surface area (Å²) in [5.74, 6) is 0.0985. The second-order valence-corrected chi connectivity index (χ2v) is 4.57. The number of aryl methyl sites for hydroxylation is 1. The summed E-state index contributed by atoms with van der Waals surface area (Å²) in [5.41, 5.74) is 10.8. The molecule has 0 aliphatic carbocycles. The molecule has 0 spiro atoms. The molecular formula is C14H18N4. The molecule has 2 rings (SSSR count). The fourth-order valence-electron chi connectivity index (χ4n) is 1.95. The summed E-state index contributed by atoms with van der Waals surface area (Å²) in [4.78, 5) is 0. The molecule has 0 fully saturated rings. The Hall–Kier alpha value is -2.10. The second-order valence-electron chi connectivity index (χ2n) is 4.57. The van der Waals surface area contributed by atoms with Crippen molar-refractivity contribution in [2.24, 2.45) is 5.73 Å². The first-order chi connectivity index (χ1) is 8.49. The number of rotatable bonds is 3. The van der Waals surface area contributed by atoms with Crippen molar-refractivity contribution in [2.45, 2.75) is 27.3 Å². The van der Waals surface area contributed by atoms with E-state index in [-0.39, 0.29) is 5.84 Å². The number of nitrogens with one attached hydrogen (secondary N) is 1. The zero-order chi connectivity index (χ0) is 13.3. The Kier molecular flexibility index (Phi) is 3.19. The molecule has 0 atom stereocenters. The van der Waals surface area contributed by atoms with Gasteiger partial charge in [-0.1, -0.05) is 18.2 Å². The summed E-state index contributed by atoms with van der Waals surface area (Å²) >= 11 is 0. The number of hydrogen-bond donors (Lipinski definition) is 2. The van der Waals surface area contributed by atoms with E-state index < -0.39 is 0 Å². The van der Waals surface area contributed by atoms with E-state index in [1.807, 2.05) is 35.9 Å². The van der Waals surface area contributed by atoms with Crippen LogP contribution in [0, 0.1) is 26.2 Å². The number of amidine groups is 1. The van der Waals surface area contributed by atoms with Gasteiger partial charge in [0.2, 0.25) is 0 Å². The van der Waals surface area contributed by atoms with Crippen molar-refractivity contribution in [1.82, 2.24) is 9.78 Å². The van der Waals surface area contributed by atoms with Crippen molar-refractivity contribution in [3.8, 4) is 0 Å². The molecule has 4 nitrogen and oxygen atoms in total. The molecule has 0 saturated carbocycles. The van der Waals surface area contributed by atoms with Crippen molar-refractivity contribution in [1.29, 1.82) is 5.41 Å². The predicted molar refractivity (Wildman–Crippen MR) is 73.0 cm³/mol. The Morgan fingerprint density at radius 3 is 2.61 bits per heavy atom. The lowest BCUT2D eigenvalue weighted by molar-refractivity contribution is 0.658. The molecule has 1 heterocycles. The maximum atomic E-state index is 7.45. The lowest BCUT2D eigenvalue weighted by Crippen LogP contribution is -2.12. The van der Waals surface area contributed by atoms with E-state index in [1.165, 1.54) is 11.3 Å². The Morgan fingerprint density at radius 1 is 1.33 bits per heavy atom. The average molecular weight is 242 g/mol. The van der Waals surface area contributed by atoms with Crippen molar-refractivity contribution in [3.63, 3.8) is 0 Å². The SMILES string of the molecule is Cc1nn(Cc2cccc(C(=N)N)c2)c(C)c1C. The third-order valence-corrected chi connectivity index (χ3v) is 3.31. The Bertz CT molecular complexity index is 596. The summed E-state index contributed by atoms with van der Waals surface area (Å²) in [6.45, 7) is 6.89. The molecule has 0 bridgehead atoms. The van der Waals surface area contributed by atoms with Crippen LogP contribution in [-0.4, -0.2) is 15.6 Å². The van der Waals surface area contributed by atoms with Gasteiger partial charge in [-0.05, 0) is 38.0 Å². The van der Waals surface area contributed by atoms with Crippen molar-refractivity contribution < 1.29 is 0 Å². The first-order valence-corrected chi connectivity index (χ1v) is 5.93. The van der Waals surface area contributed by atoms with E-state index in [0.29, 0.717) is 6.54 Å². The molecule has 2 aromatic rings. The van der Waals surface area contributed by atoms with Gasteiger partial charge in [-0.3, -0.25) is 10.1 Å². The van der Waals surface area contributed by atoms with E-state index in [0.717, 1.165) is 16.8 Å². The van der Waals surface area contributed by atoms with Crippen LogP contribution in [0.1, 0.15) is 28.1 Å². The lowest BCUT2D eigenvalue weighted by Gasteiger charge is -2.06. The minimum absolute atomic E-state index is 0.0985. The summed E-state index contributed by atoms with van der Waals surface area (Å²) in [7, 11) is 0. The molecular weight excluding hydrogens is 224 g/mol. The highest BCUT2D eigenvalue weighted by atomic mass is 15.3. The molecule has 3 N–H and O–H groups in total. The van der Waals surface area contributed by atoms with Crippen molar-refractivity contribution in [2.75, 3.05) is 0 Å². The fourth-order valence-corrected chi connectivity index (χ4v) is 1.95. The van der Waals surface area contributed by atoms with Crippen molar-refractivity contribution >= 4 is 5.84 Å². The highest BCUT2D eigenvalue weighted by molar-refractivity contribution is 5.95. The predicted octanol–water partition coefficient (Wildman–Crippen LogP) is 2.14. The maximum Gasteiger partial charge on any atom is 0.122 e. The first-order valence-electron chi connectivity index (χ1n) is 5.93. The quantitative estimate of drug-likeness (QED) is 0.639. The van der Waals surface area contributed by atoms with Gasteiger partial charge in [-0.15, -0.1) is 0 Å². The number of nitrogens with zero attached hydrogens (tertiary/aromatic N) is 2. The number of nitrogen functional groups attached to an aromatic ring is 1. The van der Waals surface area contributed by atoms with Crippen LogP contribution < -0.4 is 5.73 Å². The van der Waals surface area contributed by atoms with Gasteiger partial charge in [-0.25, -0.2) is 0 Å². The zero-order valence-corrected chi connectivity index (χ0v) is 11.0. The summed E-state index contributed by atoms with van der Waals surface area (Å²) in [6.07, 6.45) is 0. The van der Waals surface area contributed by atoms with Gasteiger partial charge in [-0.2, -0.15) is 5.10 Å². The Labute approximate surface area is 107 Å². The topological polar surface area (TPSA) is 67.7 Å². The summed E-state index contributed by atoms with van der Waals surface area (Å²) < 4.78 is 1.99. The van der Waals surface area contributed by atoms with Gasteiger partial charge in [0.05, 0.1) is 12.2 Å². The van der Waals surface area contributed by atoms with Crippen molar-refractivity contribution in [3.05, 3.63) is 52.3 Å². The number of nitrogens with two attached hydrogens (primary N) is 1. The zero-order valence-electron chi connectivity index (χ0n) is 11.0. The van der Waals surface area contributed by atoms with Gasteiger partial charge >= 0.3 is 0 Å². The van der Waals surface area contributed by atoms with Gasteiger partial charge in [0.1, 0.15) is 5.84 Å². The molecule has 0 aliphatic heterocycles. The molecule has 0 aliphatic rings. The Balaban J connectivity index is 2.31. The molecule has 1 aromatic heterocycles. The molecule has 0 saturated heterocycles.